The van der Waals surface area contributed by atoms with Crippen LogP contribution in [0.5, 0.6) is 0 Å². The SMILES string of the molecule is O=S1(=O)CCC(c2nc(Cl)c(C3CCCC3)c(Cl)n2)C1. The maximum absolute atomic E-state index is 11.5. The van der Waals surface area contributed by atoms with Crippen LogP contribution in [0, 0.1) is 0 Å². The standard InChI is InChI=1S/C13H16Cl2N2O2S/c14-11-10(8-3-1-2-4-8)12(15)17-13(16-11)9-5-6-20(18,19)7-9/h8-9H,1-7H2. The Morgan fingerprint density at radius 1 is 0.950 bits per heavy atom. The zero-order chi connectivity index (χ0) is 14.3. The fraction of sp³-hybridized carbons (Fsp3) is 0.692. The summed E-state index contributed by atoms with van der Waals surface area (Å²) in [6.45, 7) is 0. The Balaban J connectivity index is 1.92. The number of sulfone groups is 1. The molecule has 110 valence electrons. The molecule has 7 heteroatoms. The Hall–Kier alpha value is -0.390. The molecule has 0 bridgehead atoms. The Labute approximate surface area is 128 Å². The third-order valence-corrected chi connectivity index (χ3v) is 6.58. The van der Waals surface area contributed by atoms with Crippen LogP contribution in [0.1, 0.15) is 55.3 Å². The van der Waals surface area contributed by atoms with Gasteiger partial charge in [-0.15, -0.1) is 0 Å². The molecule has 0 amide bonds. The largest absolute Gasteiger partial charge is 0.229 e. The highest BCUT2D eigenvalue weighted by Gasteiger charge is 2.32. The molecule has 2 heterocycles. The molecule has 1 aromatic heterocycles. The van der Waals surface area contributed by atoms with E-state index in [1.807, 2.05) is 0 Å². The van der Waals surface area contributed by atoms with Gasteiger partial charge in [-0.05, 0) is 25.2 Å². The van der Waals surface area contributed by atoms with Gasteiger partial charge in [0.1, 0.15) is 16.1 Å². The van der Waals surface area contributed by atoms with Crippen molar-refractivity contribution in [1.29, 1.82) is 0 Å². The normalized spacial score (nSPS) is 26.2. The minimum absolute atomic E-state index is 0.0996. The molecule has 4 nitrogen and oxygen atoms in total. The number of aromatic nitrogens is 2. The molecule has 1 aliphatic heterocycles. The van der Waals surface area contributed by atoms with E-state index < -0.39 is 9.84 Å². The molecule has 2 aliphatic rings. The lowest BCUT2D eigenvalue weighted by Gasteiger charge is -2.15. The van der Waals surface area contributed by atoms with Crippen LogP contribution >= 0.6 is 23.2 Å². The molecule has 0 spiro atoms. The van der Waals surface area contributed by atoms with Gasteiger partial charge in [-0.3, -0.25) is 0 Å². The van der Waals surface area contributed by atoms with E-state index in [4.69, 9.17) is 23.2 Å². The van der Waals surface area contributed by atoms with Gasteiger partial charge in [-0.2, -0.15) is 0 Å². The van der Waals surface area contributed by atoms with Crippen LogP contribution in [0.15, 0.2) is 0 Å². The second-order valence-electron chi connectivity index (χ2n) is 5.66. The lowest BCUT2D eigenvalue weighted by atomic mass is 10.0. The molecule has 2 fully saturated rings. The minimum Gasteiger partial charge on any atom is -0.229 e. The first-order chi connectivity index (χ1) is 9.46. The highest BCUT2D eigenvalue weighted by atomic mass is 35.5. The van der Waals surface area contributed by atoms with Crippen LogP contribution in [0.3, 0.4) is 0 Å². The number of hydrogen-bond acceptors (Lipinski definition) is 4. The fourth-order valence-electron chi connectivity index (χ4n) is 3.16. The molecule has 1 atom stereocenters. The maximum atomic E-state index is 11.5. The van der Waals surface area contributed by atoms with E-state index in [-0.39, 0.29) is 17.4 Å². The summed E-state index contributed by atoms with van der Waals surface area (Å²) in [5, 5.41) is 0.799. The van der Waals surface area contributed by atoms with Gasteiger partial charge in [-0.25, -0.2) is 18.4 Å². The van der Waals surface area contributed by atoms with E-state index in [0.29, 0.717) is 28.5 Å². The molecule has 20 heavy (non-hydrogen) atoms. The predicted molar refractivity (Wildman–Crippen MR) is 79.3 cm³/mol. The average molecular weight is 335 g/mol. The molecule has 3 rings (SSSR count). The first-order valence-electron chi connectivity index (χ1n) is 6.89. The minimum atomic E-state index is -2.96. The summed E-state index contributed by atoms with van der Waals surface area (Å²) in [4.78, 5) is 8.66. The van der Waals surface area contributed by atoms with E-state index in [1.165, 1.54) is 12.8 Å². The van der Waals surface area contributed by atoms with Crippen molar-refractivity contribution in [1.82, 2.24) is 9.97 Å². The van der Waals surface area contributed by atoms with Crippen molar-refractivity contribution in [2.75, 3.05) is 11.5 Å². The fourth-order valence-corrected chi connectivity index (χ4v) is 5.61. The number of halogens is 2. The van der Waals surface area contributed by atoms with Gasteiger partial charge in [-0.1, -0.05) is 36.0 Å². The number of nitrogens with zero attached hydrogens (tertiary/aromatic N) is 2. The van der Waals surface area contributed by atoms with Crippen LogP contribution < -0.4 is 0 Å². The van der Waals surface area contributed by atoms with Crippen LogP contribution in [0.2, 0.25) is 10.3 Å². The van der Waals surface area contributed by atoms with E-state index in [0.717, 1.165) is 18.4 Å². The van der Waals surface area contributed by atoms with Crippen molar-refractivity contribution in [3.05, 3.63) is 21.7 Å². The van der Waals surface area contributed by atoms with Crippen LogP contribution in [0.4, 0.5) is 0 Å². The molecular formula is C13H16Cl2N2O2S. The van der Waals surface area contributed by atoms with Crippen molar-refractivity contribution < 1.29 is 8.42 Å². The lowest BCUT2D eigenvalue weighted by molar-refractivity contribution is 0.601. The van der Waals surface area contributed by atoms with Crippen LogP contribution in [-0.4, -0.2) is 29.9 Å². The first-order valence-corrected chi connectivity index (χ1v) is 9.47. The Kier molecular flexibility index (Phi) is 3.95. The number of hydrogen-bond donors (Lipinski definition) is 0. The van der Waals surface area contributed by atoms with Crippen molar-refractivity contribution >= 4 is 33.0 Å². The second-order valence-corrected chi connectivity index (χ2v) is 8.60. The quantitative estimate of drug-likeness (QED) is 0.778. The monoisotopic (exact) mass is 334 g/mol. The molecule has 1 saturated carbocycles. The van der Waals surface area contributed by atoms with Gasteiger partial charge in [0, 0.05) is 11.5 Å². The van der Waals surface area contributed by atoms with Gasteiger partial charge in [0.2, 0.25) is 0 Å². The highest BCUT2D eigenvalue weighted by molar-refractivity contribution is 7.91. The van der Waals surface area contributed by atoms with Crippen molar-refractivity contribution in [3.8, 4) is 0 Å². The summed E-state index contributed by atoms with van der Waals surface area (Å²) in [7, 11) is -2.96. The molecular weight excluding hydrogens is 319 g/mol. The topological polar surface area (TPSA) is 59.9 Å². The Bertz CT molecular complexity index is 604. The van der Waals surface area contributed by atoms with Crippen molar-refractivity contribution in [2.45, 2.75) is 43.9 Å². The van der Waals surface area contributed by atoms with E-state index in [1.54, 1.807) is 0 Å². The van der Waals surface area contributed by atoms with Crippen LogP contribution in [0.25, 0.3) is 0 Å². The maximum Gasteiger partial charge on any atom is 0.151 e. The third-order valence-electron chi connectivity index (χ3n) is 4.23. The van der Waals surface area contributed by atoms with E-state index in [9.17, 15) is 8.42 Å². The summed E-state index contributed by atoms with van der Waals surface area (Å²) >= 11 is 12.6. The van der Waals surface area contributed by atoms with E-state index >= 15 is 0 Å². The summed E-state index contributed by atoms with van der Waals surface area (Å²) in [6.07, 6.45) is 5.05. The highest BCUT2D eigenvalue weighted by Crippen LogP contribution is 2.41. The van der Waals surface area contributed by atoms with Gasteiger partial charge >= 0.3 is 0 Å². The van der Waals surface area contributed by atoms with Crippen molar-refractivity contribution in [3.63, 3.8) is 0 Å². The predicted octanol–water partition coefficient (Wildman–Crippen LogP) is 3.34. The molecule has 1 saturated heterocycles. The van der Waals surface area contributed by atoms with Crippen molar-refractivity contribution in [2.24, 2.45) is 0 Å². The lowest BCUT2D eigenvalue weighted by Crippen LogP contribution is -2.10. The summed E-state index contributed by atoms with van der Waals surface area (Å²) in [5.74, 6) is 0.940. The van der Waals surface area contributed by atoms with Gasteiger partial charge in [0.25, 0.3) is 0 Å². The summed E-state index contributed by atoms with van der Waals surface area (Å²) < 4.78 is 23.1. The second kappa shape index (κ2) is 5.43. The zero-order valence-electron chi connectivity index (χ0n) is 11.0. The van der Waals surface area contributed by atoms with E-state index in [2.05, 4.69) is 9.97 Å². The molecule has 0 aromatic carbocycles. The van der Waals surface area contributed by atoms with Gasteiger partial charge in [0.05, 0.1) is 11.5 Å². The molecule has 0 N–H and O–H groups in total. The smallest absolute Gasteiger partial charge is 0.151 e. The Morgan fingerprint density at radius 3 is 2.05 bits per heavy atom. The zero-order valence-corrected chi connectivity index (χ0v) is 13.3. The van der Waals surface area contributed by atoms with Gasteiger partial charge < -0.3 is 0 Å². The Morgan fingerprint density at radius 2 is 1.55 bits per heavy atom. The molecule has 0 radical (unpaired) electrons. The first kappa shape index (κ1) is 14.5. The average Bonchev–Trinajstić information content (AvgIpc) is 2.97. The van der Waals surface area contributed by atoms with Crippen LogP contribution in [-0.2, 0) is 9.84 Å². The number of rotatable bonds is 2. The van der Waals surface area contributed by atoms with Gasteiger partial charge in [0.15, 0.2) is 9.84 Å². The summed E-state index contributed by atoms with van der Waals surface area (Å²) in [6, 6.07) is 0. The third kappa shape index (κ3) is 2.81. The molecule has 1 unspecified atom stereocenters. The molecule has 1 aromatic rings. The summed E-state index contributed by atoms with van der Waals surface area (Å²) in [5.41, 5.74) is 0.843. The molecule has 1 aliphatic carbocycles.